The Balaban J connectivity index is 1.93. The Bertz CT molecular complexity index is 414. The number of para-hydroxylation sites is 1. The van der Waals surface area contributed by atoms with E-state index in [0.29, 0.717) is 5.56 Å². The molecule has 0 saturated heterocycles. The van der Waals surface area contributed by atoms with Crippen molar-refractivity contribution in [3.63, 3.8) is 0 Å². The number of amides is 1. The fourth-order valence-electron chi connectivity index (χ4n) is 2.29. The van der Waals surface area contributed by atoms with Crippen LogP contribution in [0.4, 0.5) is 5.69 Å². The van der Waals surface area contributed by atoms with E-state index >= 15 is 0 Å². The summed E-state index contributed by atoms with van der Waals surface area (Å²) in [6.45, 7) is 2.95. The van der Waals surface area contributed by atoms with Crippen molar-refractivity contribution in [2.24, 2.45) is 0 Å². The molecule has 0 unspecified atom stereocenters. The minimum atomic E-state index is -0.175. The number of nitrogens with one attached hydrogen (secondary N) is 2. The van der Waals surface area contributed by atoms with Gasteiger partial charge in [-0.05, 0) is 31.4 Å². The lowest BCUT2D eigenvalue weighted by Crippen LogP contribution is -2.29. The van der Waals surface area contributed by atoms with Gasteiger partial charge in [-0.2, -0.15) is 0 Å². The highest BCUT2D eigenvalue weighted by Gasteiger charge is 2.18. The molecule has 19 heavy (non-hydrogen) atoms. The van der Waals surface area contributed by atoms with Gasteiger partial charge in [0.05, 0.1) is 11.7 Å². The average Bonchev–Trinajstić information content (AvgIpc) is 2.96. The number of anilines is 1. The maximum absolute atomic E-state index is 12.1. The highest BCUT2D eigenvalue weighted by molar-refractivity contribution is 5.98. The highest BCUT2D eigenvalue weighted by atomic mass is 16.7. The fraction of sp³-hybridized carbons (Fsp3) is 0.533. The molecule has 1 fully saturated rings. The van der Waals surface area contributed by atoms with Crippen molar-refractivity contribution in [3.05, 3.63) is 29.8 Å². The van der Waals surface area contributed by atoms with Crippen LogP contribution in [0.3, 0.4) is 0 Å². The Hall–Kier alpha value is -1.55. The first-order chi connectivity index (χ1) is 9.31. The molecule has 1 saturated carbocycles. The van der Waals surface area contributed by atoms with Crippen molar-refractivity contribution in [2.75, 3.05) is 11.9 Å². The number of benzene rings is 1. The van der Waals surface area contributed by atoms with Crippen LogP contribution in [0.15, 0.2) is 24.3 Å². The van der Waals surface area contributed by atoms with Crippen molar-refractivity contribution < 1.29 is 9.63 Å². The zero-order chi connectivity index (χ0) is 13.5. The van der Waals surface area contributed by atoms with E-state index in [1.807, 2.05) is 24.3 Å². The molecule has 4 nitrogen and oxygen atoms in total. The van der Waals surface area contributed by atoms with Gasteiger partial charge in [0, 0.05) is 12.2 Å². The van der Waals surface area contributed by atoms with Gasteiger partial charge in [-0.1, -0.05) is 31.9 Å². The predicted octanol–water partition coefficient (Wildman–Crippen LogP) is 3.11. The Morgan fingerprint density at radius 2 is 2.05 bits per heavy atom. The van der Waals surface area contributed by atoms with Crippen molar-refractivity contribution in [1.29, 1.82) is 0 Å². The van der Waals surface area contributed by atoms with Crippen LogP contribution in [-0.2, 0) is 4.84 Å². The summed E-state index contributed by atoms with van der Waals surface area (Å²) in [5, 5.41) is 3.26. The Morgan fingerprint density at radius 1 is 1.32 bits per heavy atom. The van der Waals surface area contributed by atoms with Crippen LogP contribution in [0.5, 0.6) is 0 Å². The van der Waals surface area contributed by atoms with Crippen molar-refractivity contribution in [2.45, 2.75) is 45.1 Å². The lowest BCUT2D eigenvalue weighted by molar-refractivity contribution is -0.0124. The first-order valence-electron chi connectivity index (χ1n) is 7.10. The largest absolute Gasteiger partial charge is 0.384 e. The first-order valence-corrected chi connectivity index (χ1v) is 7.10. The average molecular weight is 262 g/mol. The molecule has 0 bridgehead atoms. The van der Waals surface area contributed by atoms with Gasteiger partial charge in [-0.3, -0.25) is 9.63 Å². The smallest absolute Gasteiger partial charge is 0.276 e. The van der Waals surface area contributed by atoms with E-state index in [4.69, 9.17) is 4.84 Å². The van der Waals surface area contributed by atoms with Gasteiger partial charge < -0.3 is 5.32 Å². The van der Waals surface area contributed by atoms with E-state index in [0.717, 1.165) is 31.5 Å². The number of hydrogen-bond donors (Lipinski definition) is 2. The molecule has 0 aliphatic heterocycles. The van der Waals surface area contributed by atoms with Gasteiger partial charge in [-0.15, -0.1) is 0 Å². The summed E-state index contributed by atoms with van der Waals surface area (Å²) in [6, 6.07) is 7.51. The van der Waals surface area contributed by atoms with Crippen LogP contribution in [0.25, 0.3) is 0 Å². The summed E-state index contributed by atoms with van der Waals surface area (Å²) in [5.41, 5.74) is 4.07. The van der Waals surface area contributed by atoms with Gasteiger partial charge in [-0.25, -0.2) is 5.48 Å². The summed E-state index contributed by atoms with van der Waals surface area (Å²) >= 11 is 0. The Labute approximate surface area is 114 Å². The van der Waals surface area contributed by atoms with Gasteiger partial charge in [0.15, 0.2) is 0 Å². The molecule has 2 rings (SSSR count). The van der Waals surface area contributed by atoms with E-state index in [2.05, 4.69) is 17.7 Å². The van der Waals surface area contributed by atoms with Crippen LogP contribution >= 0.6 is 0 Å². The zero-order valence-electron chi connectivity index (χ0n) is 11.4. The van der Waals surface area contributed by atoms with Crippen LogP contribution in [0, 0.1) is 0 Å². The van der Waals surface area contributed by atoms with E-state index < -0.39 is 0 Å². The normalized spacial score (nSPS) is 15.4. The second-order valence-corrected chi connectivity index (χ2v) is 4.93. The third kappa shape index (κ3) is 3.96. The quantitative estimate of drug-likeness (QED) is 0.774. The molecule has 2 N–H and O–H groups in total. The van der Waals surface area contributed by atoms with E-state index in [-0.39, 0.29) is 12.0 Å². The number of hydroxylamine groups is 1. The minimum Gasteiger partial charge on any atom is -0.384 e. The molecule has 0 atom stereocenters. The van der Waals surface area contributed by atoms with Crippen molar-refractivity contribution in [3.8, 4) is 0 Å². The maximum atomic E-state index is 12.1. The van der Waals surface area contributed by atoms with E-state index in [9.17, 15) is 4.79 Å². The van der Waals surface area contributed by atoms with E-state index in [1.165, 1.54) is 12.8 Å². The number of carbonyl (C=O) groups excluding carboxylic acids is 1. The van der Waals surface area contributed by atoms with Crippen LogP contribution in [0.2, 0.25) is 0 Å². The Kier molecular flexibility index (Phi) is 5.21. The summed E-state index contributed by atoms with van der Waals surface area (Å²) in [6.07, 6.45) is 5.66. The minimum absolute atomic E-state index is 0.175. The van der Waals surface area contributed by atoms with Gasteiger partial charge >= 0.3 is 0 Å². The second-order valence-electron chi connectivity index (χ2n) is 4.93. The van der Waals surface area contributed by atoms with Crippen LogP contribution in [0.1, 0.15) is 49.4 Å². The monoisotopic (exact) mass is 262 g/mol. The lowest BCUT2D eigenvalue weighted by Gasteiger charge is -2.14. The maximum Gasteiger partial charge on any atom is 0.276 e. The molecule has 1 aromatic carbocycles. The van der Waals surface area contributed by atoms with Crippen molar-refractivity contribution in [1.82, 2.24) is 5.48 Å². The summed E-state index contributed by atoms with van der Waals surface area (Å²) in [5.74, 6) is -0.175. The van der Waals surface area contributed by atoms with E-state index in [1.54, 1.807) is 0 Å². The molecule has 4 heteroatoms. The lowest BCUT2D eigenvalue weighted by atomic mass is 10.1. The molecule has 1 amide bonds. The fourth-order valence-corrected chi connectivity index (χ4v) is 2.29. The SMILES string of the molecule is CCCNc1ccccc1C(=O)NOC1CCCC1. The summed E-state index contributed by atoms with van der Waals surface area (Å²) in [4.78, 5) is 17.6. The van der Waals surface area contributed by atoms with Gasteiger partial charge in [0.2, 0.25) is 0 Å². The van der Waals surface area contributed by atoms with Gasteiger partial charge in [0.25, 0.3) is 5.91 Å². The molecular formula is C15H22N2O2. The zero-order valence-corrected chi connectivity index (χ0v) is 11.4. The van der Waals surface area contributed by atoms with Crippen LogP contribution < -0.4 is 10.8 Å². The Morgan fingerprint density at radius 3 is 2.79 bits per heavy atom. The molecule has 1 aromatic rings. The third-order valence-electron chi connectivity index (χ3n) is 3.36. The second kappa shape index (κ2) is 7.14. The topological polar surface area (TPSA) is 50.4 Å². The number of carbonyl (C=O) groups is 1. The molecule has 0 heterocycles. The van der Waals surface area contributed by atoms with Crippen molar-refractivity contribution >= 4 is 11.6 Å². The number of rotatable bonds is 6. The highest BCUT2D eigenvalue weighted by Crippen LogP contribution is 2.20. The standard InChI is InChI=1S/C15H22N2O2/c1-2-11-16-14-10-6-5-9-13(14)15(18)17-19-12-7-3-4-8-12/h5-6,9-10,12,16H,2-4,7-8,11H2,1H3,(H,17,18). The molecule has 0 radical (unpaired) electrons. The molecule has 1 aliphatic carbocycles. The summed E-state index contributed by atoms with van der Waals surface area (Å²) in [7, 11) is 0. The number of hydrogen-bond acceptors (Lipinski definition) is 3. The molecular weight excluding hydrogens is 240 g/mol. The third-order valence-corrected chi connectivity index (χ3v) is 3.36. The molecule has 0 aromatic heterocycles. The molecule has 0 spiro atoms. The molecule has 1 aliphatic rings. The van der Waals surface area contributed by atoms with Crippen LogP contribution in [-0.4, -0.2) is 18.6 Å². The summed E-state index contributed by atoms with van der Waals surface area (Å²) < 4.78 is 0. The first kappa shape index (κ1) is 13.9. The predicted molar refractivity (Wildman–Crippen MR) is 76.0 cm³/mol. The molecule has 104 valence electrons. The van der Waals surface area contributed by atoms with Gasteiger partial charge in [0.1, 0.15) is 0 Å².